The number of hydrogen-bond donors (Lipinski definition) is 2. The van der Waals surface area contributed by atoms with Crippen LogP contribution in [0.15, 0.2) is 0 Å². The largest absolute Gasteiger partial charge is 0.314 e. The molecule has 1 aromatic rings. The van der Waals surface area contributed by atoms with E-state index in [0.717, 1.165) is 11.4 Å². The van der Waals surface area contributed by atoms with Gasteiger partial charge in [0, 0.05) is 6.04 Å². The summed E-state index contributed by atoms with van der Waals surface area (Å²) in [6.45, 7) is 6.70. The third-order valence-corrected chi connectivity index (χ3v) is 4.60. The Morgan fingerprint density at radius 3 is 2.61 bits per heavy atom. The lowest BCUT2D eigenvalue weighted by atomic mass is 10.4. The van der Waals surface area contributed by atoms with Gasteiger partial charge in [-0.1, -0.05) is 32.1 Å². The number of nitrogens with one attached hydrogen (secondary N) is 2. The molecule has 0 amide bonds. The van der Waals surface area contributed by atoms with Crippen molar-refractivity contribution >= 4 is 26.5 Å². The van der Waals surface area contributed by atoms with Gasteiger partial charge in [-0.25, -0.2) is 8.42 Å². The van der Waals surface area contributed by atoms with Crippen LogP contribution >= 0.6 is 11.3 Å². The molecule has 6 nitrogen and oxygen atoms in total. The number of nitrogens with zero attached hydrogens (tertiary/aromatic N) is 2. The van der Waals surface area contributed by atoms with E-state index in [2.05, 4.69) is 20.2 Å². The Balaban J connectivity index is 2.39. The van der Waals surface area contributed by atoms with Crippen LogP contribution in [0.2, 0.25) is 0 Å². The second-order valence-electron chi connectivity index (χ2n) is 4.24. The average molecular weight is 292 g/mol. The SMILES string of the molecule is CCc1nnc(NS(=O)(=O)CCCNC(C)C)s1. The average Bonchev–Trinajstić information content (AvgIpc) is 2.71. The fourth-order valence-electron chi connectivity index (χ4n) is 1.27. The molecule has 0 aromatic carbocycles. The molecular weight excluding hydrogens is 272 g/mol. The van der Waals surface area contributed by atoms with Gasteiger partial charge in [0.15, 0.2) is 0 Å². The molecule has 2 N–H and O–H groups in total. The summed E-state index contributed by atoms with van der Waals surface area (Å²) in [6, 6.07) is 0.371. The van der Waals surface area contributed by atoms with Crippen LogP contribution < -0.4 is 10.0 Å². The van der Waals surface area contributed by atoms with Crippen LogP contribution in [-0.2, 0) is 16.4 Å². The van der Waals surface area contributed by atoms with E-state index in [9.17, 15) is 8.42 Å². The molecule has 0 saturated carbocycles. The van der Waals surface area contributed by atoms with Gasteiger partial charge in [-0.2, -0.15) is 0 Å². The molecular formula is C10H20N4O2S2. The molecule has 0 saturated heterocycles. The van der Waals surface area contributed by atoms with Crippen molar-refractivity contribution in [2.75, 3.05) is 17.0 Å². The predicted octanol–water partition coefficient (Wildman–Crippen LogP) is 1.23. The topological polar surface area (TPSA) is 84.0 Å². The van der Waals surface area contributed by atoms with Gasteiger partial charge in [0.05, 0.1) is 5.75 Å². The van der Waals surface area contributed by atoms with E-state index in [1.54, 1.807) is 0 Å². The Labute approximate surface area is 112 Å². The van der Waals surface area contributed by atoms with Crippen molar-refractivity contribution in [2.45, 2.75) is 39.7 Å². The summed E-state index contributed by atoms with van der Waals surface area (Å²) >= 11 is 1.28. The van der Waals surface area contributed by atoms with Gasteiger partial charge in [-0.05, 0) is 19.4 Å². The minimum absolute atomic E-state index is 0.0910. The molecule has 0 unspecified atom stereocenters. The summed E-state index contributed by atoms with van der Waals surface area (Å²) in [6.07, 6.45) is 1.34. The van der Waals surface area contributed by atoms with Crippen molar-refractivity contribution in [1.29, 1.82) is 0 Å². The van der Waals surface area contributed by atoms with Gasteiger partial charge in [-0.3, -0.25) is 4.72 Å². The molecule has 0 aliphatic heterocycles. The molecule has 1 aromatic heterocycles. The van der Waals surface area contributed by atoms with Crippen LogP contribution in [0.25, 0.3) is 0 Å². The van der Waals surface area contributed by atoms with Crippen LogP contribution in [0.3, 0.4) is 0 Å². The van der Waals surface area contributed by atoms with Crippen molar-refractivity contribution in [2.24, 2.45) is 0 Å². The van der Waals surface area contributed by atoms with Gasteiger partial charge >= 0.3 is 0 Å². The van der Waals surface area contributed by atoms with Crippen LogP contribution in [0.1, 0.15) is 32.2 Å². The Bertz CT molecular complexity index is 456. The normalized spacial score (nSPS) is 12.0. The van der Waals surface area contributed by atoms with Crippen LogP contribution in [0.5, 0.6) is 0 Å². The number of rotatable bonds is 8. The third-order valence-electron chi connectivity index (χ3n) is 2.15. The highest BCUT2D eigenvalue weighted by molar-refractivity contribution is 7.92. The first-order valence-electron chi connectivity index (χ1n) is 5.99. The highest BCUT2D eigenvalue weighted by Crippen LogP contribution is 2.16. The monoisotopic (exact) mass is 292 g/mol. The van der Waals surface area contributed by atoms with Crippen molar-refractivity contribution in [3.63, 3.8) is 0 Å². The summed E-state index contributed by atoms with van der Waals surface area (Å²) in [7, 11) is -3.31. The van der Waals surface area contributed by atoms with Crippen molar-refractivity contribution in [3.05, 3.63) is 5.01 Å². The standard InChI is InChI=1S/C10H20N4O2S2/c1-4-9-12-13-10(17-9)14-18(15,16)7-5-6-11-8(2)3/h8,11H,4-7H2,1-3H3,(H,13,14). The van der Waals surface area contributed by atoms with E-state index < -0.39 is 10.0 Å². The maximum absolute atomic E-state index is 11.7. The zero-order chi connectivity index (χ0) is 13.6. The second kappa shape index (κ2) is 7.01. The molecule has 104 valence electrons. The molecule has 1 heterocycles. The third kappa shape index (κ3) is 5.74. The van der Waals surface area contributed by atoms with E-state index in [-0.39, 0.29) is 5.75 Å². The summed E-state index contributed by atoms with van der Waals surface area (Å²) in [5.74, 6) is 0.0910. The molecule has 18 heavy (non-hydrogen) atoms. The van der Waals surface area contributed by atoms with E-state index >= 15 is 0 Å². The van der Waals surface area contributed by atoms with Gasteiger partial charge in [0.1, 0.15) is 5.01 Å². The van der Waals surface area contributed by atoms with Crippen molar-refractivity contribution in [1.82, 2.24) is 15.5 Å². The van der Waals surface area contributed by atoms with Crippen LogP contribution in [0, 0.1) is 0 Å². The summed E-state index contributed by atoms with van der Waals surface area (Å²) in [4.78, 5) is 0. The van der Waals surface area contributed by atoms with Gasteiger partial charge in [0.2, 0.25) is 15.2 Å². The summed E-state index contributed by atoms with van der Waals surface area (Å²) in [5.41, 5.74) is 0. The molecule has 1 rings (SSSR count). The fourth-order valence-corrected chi connectivity index (χ4v) is 3.29. The smallest absolute Gasteiger partial charge is 0.234 e. The Morgan fingerprint density at radius 1 is 1.33 bits per heavy atom. The fraction of sp³-hybridized carbons (Fsp3) is 0.800. The van der Waals surface area contributed by atoms with Gasteiger partial charge in [0.25, 0.3) is 0 Å². The molecule has 0 bridgehead atoms. The minimum atomic E-state index is -3.31. The highest BCUT2D eigenvalue weighted by atomic mass is 32.2. The lowest BCUT2D eigenvalue weighted by Gasteiger charge is -2.08. The Kier molecular flexibility index (Phi) is 5.97. The zero-order valence-electron chi connectivity index (χ0n) is 10.9. The second-order valence-corrected chi connectivity index (χ2v) is 7.14. The van der Waals surface area contributed by atoms with Gasteiger partial charge < -0.3 is 5.32 Å². The molecule has 0 atom stereocenters. The lowest BCUT2D eigenvalue weighted by Crippen LogP contribution is -2.26. The molecule has 0 fully saturated rings. The van der Waals surface area contributed by atoms with Crippen LogP contribution in [-0.4, -0.2) is 37.0 Å². The summed E-state index contributed by atoms with van der Waals surface area (Å²) in [5, 5.41) is 12.0. The molecule has 0 radical (unpaired) electrons. The number of aromatic nitrogens is 2. The number of sulfonamides is 1. The Hall–Kier alpha value is -0.730. The highest BCUT2D eigenvalue weighted by Gasteiger charge is 2.13. The molecule has 0 aliphatic rings. The van der Waals surface area contributed by atoms with E-state index in [0.29, 0.717) is 24.1 Å². The van der Waals surface area contributed by atoms with Crippen molar-refractivity contribution < 1.29 is 8.42 Å². The van der Waals surface area contributed by atoms with Crippen LogP contribution in [0.4, 0.5) is 5.13 Å². The van der Waals surface area contributed by atoms with E-state index in [1.807, 2.05) is 20.8 Å². The number of aryl methyl sites for hydroxylation is 1. The first-order chi connectivity index (χ1) is 8.43. The molecule has 0 aliphatic carbocycles. The van der Waals surface area contributed by atoms with E-state index in [4.69, 9.17) is 0 Å². The lowest BCUT2D eigenvalue weighted by molar-refractivity contribution is 0.571. The molecule has 0 spiro atoms. The zero-order valence-corrected chi connectivity index (χ0v) is 12.6. The summed E-state index contributed by atoms with van der Waals surface area (Å²) < 4.78 is 25.9. The van der Waals surface area contributed by atoms with E-state index in [1.165, 1.54) is 11.3 Å². The maximum atomic E-state index is 11.7. The first kappa shape index (κ1) is 15.3. The number of hydrogen-bond acceptors (Lipinski definition) is 6. The Morgan fingerprint density at radius 2 is 2.06 bits per heavy atom. The molecule has 8 heteroatoms. The first-order valence-corrected chi connectivity index (χ1v) is 8.46. The quantitative estimate of drug-likeness (QED) is 0.704. The van der Waals surface area contributed by atoms with Crippen molar-refractivity contribution in [3.8, 4) is 0 Å². The van der Waals surface area contributed by atoms with Gasteiger partial charge in [-0.15, -0.1) is 10.2 Å². The predicted molar refractivity (Wildman–Crippen MR) is 74.5 cm³/mol. The number of anilines is 1. The minimum Gasteiger partial charge on any atom is -0.314 e. The maximum Gasteiger partial charge on any atom is 0.234 e.